The number of hydrogen-bond acceptors (Lipinski definition) is 2. The van der Waals surface area contributed by atoms with E-state index in [2.05, 4.69) is 53.5 Å². The lowest BCUT2D eigenvalue weighted by Crippen LogP contribution is -2.05. The van der Waals surface area contributed by atoms with Crippen LogP contribution in [0.5, 0.6) is 0 Å². The Morgan fingerprint density at radius 1 is 1.14 bits per heavy atom. The molecule has 0 aliphatic carbocycles. The van der Waals surface area contributed by atoms with Crippen molar-refractivity contribution in [1.29, 1.82) is 0 Å². The van der Waals surface area contributed by atoms with Crippen LogP contribution in [0.15, 0.2) is 58.5 Å². The van der Waals surface area contributed by atoms with Gasteiger partial charge in [-0.15, -0.1) is 0 Å². The van der Waals surface area contributed by atoms with Crippen molar-refractivity contribution in [2.75, 3.05) is 7.05 Å². The van der Waals surface area contributed by atoms with Crippen LogP contribution in [-0.2, 0) is 13.6 Å². The number of aromatic nitrogens is 1. The predicted octanol–water partition coefficient (Wildman–Crippen LogP) is 4.70. The fourth-order valence-electron chi connectivity index (χ4n) is 2.46. The summed E-state index contributed by atoms with van der Waals surface area (Å²) in [5, 5.41) is 5.26. The standard InChI is InChI=1S/C17H17ClN2S/c1-19-10-12-7-8-13(18)9-16(12)21-17-11-20(2)15-6-4-3-5-14(15)17/h3-9,11,19H,10H2,1-2H3. The summed E-state index contributed by atoms with van der Waals surface area (Å²) in [6, 6.07) is 14.5. The third-order valence-corrected chi connectivity index (χ3v) is 4.86. The molecule has 4 heteroatoms. The van der Waals surface area contributed by atoms with Crippen LogP contribution >= 0.6 is 23.4 Å². The summed E-state index contributed by atoms with van der Waals surface area (Å²) in [6.45, 7) is 0.838. The summed E-state index contributed by atoms with van der Waals surface area (Å²) in [5.41, 5.74) is 2.51. The van der Waals surface area contributed by atoms with Gasteiger partial charge in [0.15, 0.2) is 0 Å². The summed E-state index contributed by atoms with van der Waals surface area (Å²) >= 11 is 7.94. The van der Waals surface area contributed by atoms with Gasteiger partial charge in [0, 0.05) is 45.5 Å². The van der Waals surface area contributed by atoms with Crippen molar-refractivity contribution in [3.63, 3.8) is 0 Å². The zero-order valence-electron chi connectivity index (χ0n) is 12.1. The first-order valence-electron chi connectivity index (χ1n) is 6.84. The number of rotatable bonds is 4. The quantitative estimate of drug-likeness (QED) is 0.751. The monoisotopic (exact) mass is 316 g/mol. The molecule has 2 aromatic carbocycles. The molecule has 3 rings (SSSR count). The van der Waals surface area contributed by atoms with Crippen molar-refractivity contribution in [3.8, 4) is 0 Å². The molecule has 0 aliphatic heterocycles. The molecule has 1 heterocycles. The second-order valence-electron chi connectivity index (χ2n) is 5.01. The lowest BCUT2D eigenvalue weighted by atomic mass is 10.2. The molecule has 3 aromatic rings. The molecule has 0 radical (unpaired) electrons. The Bertz CT molecular complexity index is 780. The molecule has 108 valence electrons. The van der Waals surface area contributed by atoms with Crippen molar-refractivity contribution in [3.05, 3.63) is 59.2 Å². The Labute approximate surface area is 134 Å². The van der Waals surface area contributed by atoms with Gasteiger partial charge in [0.05, 0.1) is 0 Å². The molecule has 0 saturated heterocycles. The first kappa shape index (κ1) is 14.5. The van der Waals surface area contributed by atoms with E-state index in [1.54, 1.807) is 11.8 Å². The number of para-hydroxylation sites is 1. The Balaban J connectivity index is 2.04. The molecule has 1 aromatic heterocycles. The van der Waals surface area contributed by atoms with Gasteiger partial charge in [0.2, 0.25) is 0 Å². The molecular formula is C17H17ClN2S. The number of halogens is 1. The zero-order valence-corrected chi connectivity index (χ0v) is 13.6. The van der Waals surface area contributed by atoms with E-state index in [0.717, 1.165) is 11.6 Å². The third kappa shape index (κ3) is 2.95. The third-order valence-electron chi connectivity index (χ3n) is 3.48. The zero-order chi connectivity index (χ0) is 14.8. The van der Waals surface area contributed by atoms with Crippen molar-refractivity contribution < 1.29 is 0 Å². The van der Waals surface area contributed by atoms with Gasteiger partial charge in [-0.1, -0.05) is 47.6 Å². The molecule has 0 saturated carbocycles. The number of nitrogens with zero attached hydrogens (tertiary/aromatic N) is 1. The first-order chi connectivity index (χ1) is 10.2. The highest BCUT2D eigenvalue weighted by molar-refractivity contribution is 7.99. The van der Waals surface area contributed by atoms with E-state index in [1.165, 1.54) is 26.3 Å². The molecule has 0 aliphatic rings. The van der Waals surface area contributed by atoms with E-state index in [0.29, 0.717) is 0 Å². The topological polar surface area (TPSA) is 17.0 Å². The number of aryl methyl sites for hydroxylation is 1. The maximum atomic E-state index is 6.17. The highest BCUT2D eigenvalue weighted by Crippen LogP contribution is 2.37. The number of hydrogen-bond donors (Lipinski definition) is 1. The second kappa shape index (κ2) is 6.14. The van der Waals surface area contributed by atoms with E-state index in [4.69, 9.17) is 11.6 Å². The van der Waals surface area contributed by atoms with Crippen molar-refractivity contribution in [2.24, 2.45) is 7.05 Å². The van der Waals surface area contributed by atoms with E-state index in [1.807, 2.05) is 19.2 Å². The van der Waals surface area contributed by atoms with Gasteiger partial charge in [0.25, 0.3) is 0 Å². The van der Waals surface area contributed by atoms with Crippen molar-refractivity contribution >= 4 is 34.3 Å². The molecule has 0 spiro atoms. The summed E-state index contributed by atoms with van der Waals surface area (Å²) in [4.78, 5) is 2.46. The molecule has 0 atom stereocenters. The van der Waals surface area contributed by atoms with Gasteiger partial charge in [-0.25, -0.2) is 0 Å². The highest BCUT2D eigenvalue weighted by atomic mass is 35.5. The molecule has 0 amide bonds. The SMILES string of the molecule is CNCc1ccc(Cl)cc1Sc1cn(C)c2ccccc12. The van der Waals surface area contributed by atoms with Crippen LogP contribution in [0.1, 0.15) is 5.56 Å². The fourth-order valence-corrected chi connectivity index (χ4v) is 3.89. The van der Waals surface area contributed by atoms with Crippen LogP contribution in [0.2, 0.25) is 5.02 Å². The maximum absolute atomic E-state index is 6.17. The fraction of sp³-hybridized carbons (Fsp3) is 0.176. The molecule has 0 fully saturated rings. The Morgan fingerprint density at radius 3 is 2.76 bits per heavy atom. The van der Waals surface area contributed by atoms with Crippen molar-refractivity contribution in [2.45, 2.75) is 16.3 Å². The smallest absolute Gasteiger partial charge is 0.0489 e. The minimum Gasteiger partial charge on any atom is -0.349 e. The normalized spacial score (nSPS) is 11.2. The van der Waals surface area contributed by atoms with Gasteiger partial charge in [-0.3, -0.25) is 0 Å². The Hall–Kier alpha value is -1.42. The second-order valence-corrected chi connectivity index (χ2v) is 6.53. The lowest BCUT2D eigenvalue weighted by molar-refractivity contribution is 0.803. The molecule has 21 heavy (non-hydrogen) atoms. The average Bonchev–Trinajstić information content (AvgIpc) is 2.79. The Kier molecular flexibility index (Phi) is 4.24. The number of nitrogens with one attached hydrogen (secondary N) is 1. The van der Waals surface area contributed by atoms with E-state index < -0.39 is 0 Å². The molecule has 1 N–H and O–H groups in total. The van der Waals surface area contributed by atoms with Crippen LogP contribution < -0.4 is 5.32 Å². The molecule has 0 unspecified atom stereocenters. The van der Waals surface area contributed by atoms with Crippen LogP contribution in [0, 0.1) is 0 Å². The maximum Gasteiger partial charge on any atom is 0.0489 e. The van der Waals surface area contributed by atoms with Gasteiger partial charge < -0.3 is 9.88 Å². The highest BCUT2D eigenvalue weighted by Gasteiger charge is 2.10. The van der Waals surface area contributed by atoms with E-state index >= 15 is 0 Å². The van der Waals surface area contributed by atoms with Gasteiger partial charge in [-0.05, 0) is 30.8 Å². The number of benzene rings is 2. The Morgan fingerprint density at radius 2 is 1.95 bits per heavy atom. The lowest BCUT2D eigenvalue weighted by Gasteiger charge is -2.09. The van der Waals surface area contributed by atoms with Crippen LogP contribution in [-0.4, -0.2) is 11.6 Å². The summed E-state index contributed by atoms with van der Waals surface area (Å²) in [5.74, 6) is 0. The van der Waals surface area contributed by atoms with Crippen molar-refractivity contribution in [1.82, 2.24) is 9.88 Å². The summed E-state index contributed by atoms with van der Waals surface area (Å²) in [7, 11) is 4.04. The minimum absolute atomic E-state index is 0.776. The number of fused-ring (bicyclic) bond motifs is 1. The summed E-state index contributed by atoms with van der Waals surface area (Å²) < 4.78 is 2.17. The van der Waals surface area contributed by atoms with Crippen LogP contribution in [0.4, 0.5) is 0 Å². The van der Waals surface area contributed by atoms with E-state index in [-0.39, 0.29) is 0 Å². The predicted molar refractivity (Wildman–Crippen MR) is 91.3 cm³/mol. The van der Waals surface area contributed by atoms with Gasteiger partial charge in [0.1, 0.15) is 0 Å². The largest absolute Gasteiger partial charge is 0.349 e. The van der Waals surface area contributed by atoms with E-state index in [9.17, 15) is 0 Å². The first-order valence-corrected chi connectivity index (χ1v) is 8.03. The molecule has 0 bridgehead atoms. The van der Waals surface area contributed by atoms with Crippen LogP contribution in [0.25, 0.3) is 10.9 Å². The summed E-state index contributed by atoms with van der Waals surface area (Å²) in [6.07, 6.45) is 2.18. The van der Waals surface area contributed by atoms with Crippen LogP contribution in [0.3, 0.4) is 0 Å². The van der Waals surface area contributed by atoms with Gasteiger partial charge in [-0.2, -0.15) is 0 Å². The molecule has 2 nitrogen and oxygen atoms in total. The average molecular weight is 317 g/mol. The van der Waals surface area contributed by atoms with Gasteiger partial charge >= 0.3 is 0 Å². The molecular weight excluding hydrogens is 300 g/mol. The minimum atomic E-state index is 0.776.